The molecule has 7 heteroatoms. The van der Waals surface area contributed by atoms with E-state index in [0.29, 0.717) is 0 Å². The molecule has 1 aromatic carbocycles. The van der Waals surface area contributed by atoms with Gasteiger partial charge in [0.2, 0.25) is 0 Å². The molecule has 2 aromatic rings. The minimum atomic E-state index is -0.598. The molecule has 160 valence electrons. The Morgan fingerprint density at radius 1 is 1.10 bits per heavy atom. The van der Waals surface area contributed by atoms with Crippen molar-refractivity contribution in [2.75, 3.05) is 42.1 Å². The number of rotatable bonds is 7. The van der Waals surface area contributed by atoms with E-state index in [-0.39, 0.29) is 6.04 Å². The molecule has 1 aliphatic heterocycles. The number of aliphatic hydroxyl groups excluding tert-OH is 1. The minimum absolute atomic E-state index is 0.159. The van der Waals surface area contributed by atoms with Gasteiger partial charge >= 0.3 is 0 Å². The van der Waals surface area contributed by atoms with E-state index in [9.17, 15) is 5.11 Å². The number of nitrogens with zero attached hydrogens (tertiary/aromatic N) is 4. The molecule has 29 heavy (non-hydrogen) atoms. The molecule has 2 N–H and O–H groups in total. The standard InChI is InChI=1S/C20H29N5OS.C2H6/c1-4-27-25-11-9-24(10-12-25)19-13-18(21-14-22-19)23-16(3)20(26)17-7-5-15(2)6-8-17;1-2/h5-8,13-14,16,20,26H,4,9-12H2,1-3H3,(H,21,22,23);1-2H3. The molecule has 1 saturated heterocycles. The van der Waals surface area contributed by atoms with Crippen LogP contribution in [-0.2, 0) is 0 Å². The van der Waals surface area contributed by atoms with Crippen molar-refractivity contribution in [3.63, 3.8) is 0 Å². The predicted octanol–water partition coefficient (Wildman–Crippen LogP) is 4.14. The molecule has 0 amide bonds. The lowest BCUT2D eigenvalue weighted by Crippen LogP contribution is -2.44. The number of benzene rings is 1. The van der Waals surface area contributed by atoms with Crippen molar-refractivity contribution in [1.82, 2.24) is 14.3 Å². The summed E-state index contributed by atoms with van der Waals surface area (Å²) < 4.78 is 2.41. The van der Waals surface area contributed by atoms with Gasteiger partial charge in [-0.25, -0.2) is 14.3 Å². The van der Waals surface area contributed by atoms with Gasteiger partial charge in [-0.05, 0) is 19.4 Å². The zero-order valence-electron chi connectivity index (χ0n) is 18.3. The topological polar surface area (TPSA) is 64.5 Å². The monoisotopic (exact) mass is 417 g/mol. The summed E-state index contributed by atoms with van der Waals surface area (Å²) in [5, 5.41) is 13.9. The van der Waals surface area contributed by atoms with Crippen LogP contribution in [0.4, 0.5) is 11.6 Å². The maximum atomic E-state index is 10.6. The number of aryl methyl sites for hydroxylation is 1. The molecule has 6 nitrogen and oxygen atoms in total. The highest BCUT2D eigenvalue weighted by molar-refractivity contribution is 7.96. The fourth-order valence-electron chi connectivity index (χ4n) is 3.19. The quantitative estimate of drug-likeness (QED) is 0.657. The Morgan fingerprint density at radius 3 is 2.38 bits per heavy atom. The van der Waals surface area contributed by atoms with Gasteiger partial charge in [-0.2, -0.15) is 0 Å². The Bertz CT molecular complexity index is 719. The molecule has 3 rings (SSSR count). The van der Waals surface area contributed by atoms with E-state index in [1.165, 1.54) is 5.56 Å². The summed E-state index contributed by atoms with van der Waals surface area (Å²) in [6, 6.07) is 9.79. The normalized spacial score (nSPS) is 16.6. The van der Waals surface area contributed by atoms with Gasteiger partial charge in [0.05, 0.1) is 12.1 Å². The van der Waals surface area contributed by atoms with Crippen LogP contribution >= 0.6 is 11.9 Å². The zero-order valence-corrected chi connectivity index (χ0v) is 19.1. The van der Waals surface area contributed by atoms with Gasteiger partial charge in [0.15, 0.2) is 0 Å². The van der Waals surface area contributed by atoms with Gasteiger partial charge in [-0.15, -0.1) is 0 Å². The Morgan fingerprint density at radius 2 is 1.76 bits per heavy atom. The van der Waals surface area contributed by atoms with Crippen LogP contribution in [0.5, 0.6) is 0 Å². The predicted molar refractivity (Wildman–Crippen MR) is 125 cm³/mol. The van der Waals surface area contributed by atoms with E-state index in [1.54, 1.807) is 6.33 Å². The SMILES string of the molecule is CC.CCSN1CCN(c2cc(NC(C)C(O)c3ccc(C)cc3)ncn2)CC1. The second-order valence-corrected chi connectivity index (χ2v) is 8.24. The highest BCUT2D eigenvalue weighted by Crippen LogP contribution is 2.23. The van der Waals surface area contributed by atoms with E-state index >= 15 is 0 Å². The largest absolute Gasteiger partial charge is 0.386 e. The summed E-state index contributed by atoms with van der Waals surface area (Å²) in [7, 11) is 0. The van der Waals surface area contributed by atoms with Crippen molar-refractivity contribution in [3.05, 3.63) is 47.8 Å². The lowest BCUT2D eigenvalue weighted by atomic mass is 10.0. The number of hydrogen-bond donors (Lipinski definition) is 2. The van der Waals surface area contributed by atoms with Crippen LogP contribution in [0.1, 0.15) is 44.9 Å². The Balaban J connectivity index is 0.00000145. The van der Waals surface area contributed by atoms with Crippen LogP contribution < -0.4 is 10.2 Å². The van der Waals surface area contributed by atoms with Crippen LogP contribution in [0.25, 0.3) is 0 Å². The average Bonchev–Trinajstić information content (AvgIpc) is 2.76. The fraction of sp³-hybridized carbons (Fsp3) is 0.545. The van der Waals surface area contributed by atoms with E-state index in [2.05, 4.69) is 31.4 Å². The van der Waals surface area contributed by atoms with E-state index in [4.69, 9.17) is 0 Å². The van der Waals surface area contributed by atoms with Gasteiger partial charge in [-0.1, -0.05) is 62.5 Å². The van der Waals surface area contributed by atoms with Gasteiger partial charge < -0.3 is 15.3 Å². The smallest absolute Gasteiger partial charge is 0.134 e. The average molecular weight is 418 g/mol. The molecule has 1 aliphatic rings. The van der Waals surface area contributed by atoms with Crippen molar-refractivity contribution in [1.29, 1.82) is 0 Å². The maximum absolute atomic E-state index is 10.6. The number of anilines is 2. The van der Waals surface area contributed by atoms with E-state index in [1.807, 2.05) is 70.0 Å². The minimum Gasteiger partial charge on any atom is -0.386 e. The third-order valence-electron chi connectivity index (χ3n) is 4.79. The van der Waals surface area contributed by atoms with Crippen molar-refractivity contribution in [3.8, 4) is 0 Å². The van der Waals surface area contributed by atoms with Crippen LogP contribution in [0.2, 0.25) is 0 Å². The van der Waals surface area contributed by atoms with Crippen LogP contribution in [-0.4, -0.2) is 57.4 Å². The van der Waals surface area contributed by atoms with Gasteiger partial charge in [0.1, 0.15) is 18.0 Å². The van der Waals surface area contributed by atoms with Crippen molar-refractivity contribution < 1.29 is 5.11 Å². The second-order valence-electron chi connectivity index (χ2n) is 6.88. The molecule has 1 aromatic heterocycles. The first kappa shape index (κ1) is 23.4. The molecule has 0 saturated carbocycles. The first-order chi connectivity index (χ1) is 14.1. The van der Waals surface area contributed by atoms with Gasteiger partial charge in [-0.3, -0.25) is 0 Å². The van der Waals surface area contributed by atoms with Crippen molar-refractivity contribution in [2.45, 2.75) is 46.8 Å². The first-order valence-corrected chi connectivity index (χ1v) is 11.5. The summed E-state index contributed by atoms with van der Waals surface area (Å²) in [5.41, 5.74) is 2.09. The number of nitrogens with one attached hydrogen (secondary N) is 1. The van der Waals surface area contributed by atoms with Crippen LogP contribution in [0.15, 0.2) is 36.7 Å². The summed E-state index contributed by atoms with van der Waals surface area (Å²) in [5.74, 6) is 2.79. The van der Waals surface area contributed by atoms with Gasteiger partial charge in [0, 0.05) is 38.0 Å². The summed E-state index contributed by atoms with van der Waals surface area (Å²) in [6.45, 7) is 14.2. The Labute approximate surface area is 179 Å². The van der Waals surface area contributed by atoms with E-state index < -0.39 is 6.10 Å². The highest BCUT2D eigenvalue weighted by Gasteiger charge is 2.20. The second kappa shape index (κ2) is 12.0. The van der Waals surface area contributed by atoms with Crippen LogP contribution in [0.3, 0.4) is 0 Å². The fourth-order valence-corrected chi connectivity index (χ4v) is 3.98. The number of hydrogen-bond acceptors (Lipinski definition) is 7. The number of aliphatic hydroxyl groups is 1. The van der Waals surface area contributed by atoms with Crippen molar-refractivity contribution >= 4 is 23.6 Å². The Kier molecular flexibility index (Phi) is 9.70. The number of piperazine rings is 1. The molecule has 2 unspecified atom stereocenters. The summed E-state index contributed by atoms with van der Waals surface area (Å²) >= 11 is 1.90. The van der Waals surface area contributed by atoms with Crippen LogP contribution in [0, 0.1) is 6.92 Å². The molecule has 2 atom stereocenters. The molecule has 2 heterocycles. The Hall–Kier alpha value is -1.83. The zero-order chi connectivity index (χ0) is 21.2. The molecule has 0 aliphatic carbocycles. The lowest BCUT2D eigenvalue weighted by Gasteiger charge is -2.34. The highest BCUT2D eigenvalue weighted by atomic mass is 32.2. The summed E-state index contributed by atoms with van der Waals surface area (Å²) in [4.78, 5) is 11.1. The molecule has 0 spiro atoms. The molecular weight excluding hydrogens is 382 g/mol. The van der Waals surface area contributed by atoms with Gasteiger partial charge in [0.25, 0.3) is 0 Å². The molecule has 0 bridgehead atoms. The molecule has 1 fully saturated rings. The third-order valence-corrected chi connectivity index (χ3v) is 5.78. The number of aromatic nitrogens is 2. The lowest BCUT2D eigenvalue weighted by molar-refractivity contribution is 0.160. The summed E-state index contributed by atoms with van der Waals surface area (Å²) in [6.07, 6.45) is 0.995. The van der Waals surface area contributed by atoms with E-state index in [0.717, 1.165) is 49.1 Å². The molecular formula is C22H35N5OS. The molecule has 0 radical (unpaired) electrons. The van der Waals surface area contributed by atoms with Crippen molar-refractivity contribution in [2.24, 2.45) is 0 Å². The first-order valence-electron chi connectivity index (χ1n) is 10.5. The maximum Gasteiger partial charge on any atom is 0.134 e. The third kappa shape index (κ3) is 6.87.